The zero-order valence-electron chi connectivity index (χ0n) is 8.07. The molecule has 0 atom stereocenters. The van der Waals surface area contributed by atoms with Crippen LogP contribution in [0, 0.1) is 0 Å². The van der Waals surface area contributed by atoms with Gasteiger partial charge in [0.2, 0.25) is 0 Å². The van der Waals surface area contributed by atoms with Gasteiger partial charge in [0.1, 0.15) is 0 Å². The number of hydrogen-bond donors (Lipinski definition) is 0. The Morgan fingerprint density at radius 3 is 0.778 bits per heavy atom. The zero-order chi connectivity index (χ0) is 14.5. The molecule has 0 spiro atoms. The Morgan fingerprint density at radius 1 is 0.500 bits per heavy atom. The minimum atomic E-state index is -7.55. The van der Waals surface area contributed by atoms with E-state index >= 15 is 0 Å². The van der Waals surface area contributed by atoms with E-state index < -0.39 is 30.1 Å². The third kappa shape index (κ3) is 3.28. The Kier molecular flexibility index (Phi) is 6.65. The predicted octanol–water partition coefficient (Wildman–Crippen LogP) is -0.588. The summed E-state index contributed by atoms with van der Waals surface area (Å²) in [6.45, 7) is 0. The summed E-state index contributed by atoms with van der Waals surface area (Å²) >= 11 is 0. The molecule has 0 fully saturated rings. The molecule has 0 aliphatic heterocycles. The third-order valence-corrected chi connectivity index (χ3v) is 1.60. The summed E-state index contributed by atoms with van der Waals surface area (Å²) < 4.78 is 128. The third-order valence-electron chi connectivity index (χ3n) is 1.60. The molecular weight excluding hydrogens is 418 g/mol. The Hall–Kier alpha value is 1.24. The molecule has 0 unspecified atom stereocenters. The second-order valence-corrected chi connectivity index (χ2v) is 2.75. The average molecular weight is 418 g/mol. The minimum absolute atomic E-state index is 0. The fourth-order valence-electron chi connectivity index (χ4n) is 0.716. The normalized spacial score (nSPS) is 15.3. The van der Waals surface area contributed by atoms with Crippen LogP contribution in [0.4, 0.5) is 48.3 Å². The van der Waals surface area contributed by atoms with Crippen molar-refractivity contribution in [1.29, 1.82) is 0 Å². The Labute approximate surface area is 150 Å². The van der Waals surface area contributed by atoms with Gasteiger partial charge in [0.25, 0.3) is 0 Å². The number of hydrogen-bond acceptors (Lipinski definition) is 1. The number of alkyl halides is 11. The van der Waals surface area contributed by atoms with E-state index in [0.29, 0.717) is 0 Å². The van der Waals surface area contributed by atoms with Crippen LogP contribution in [0.1, 0.15) is 0 Å². The van der Waals surface area contributed by atoms with Crippen LogP contribution in [-0.4, -0.2) is 30.1 Å². The van der Waals surface area contributed by atoms with E-state index in [-0.39, 0.29) is 68.9 Å². The first-order valence-corrected chi connectivity index (χ1v) is 3.28. The fraction of sp³-hybridized carbons (Fsp3) is 1.00. The molecule has 0 amide bonds. The van der Waals surface area contributed by atoms with Gasteiger partial charge in [0, 0.05) is 0 Å². The van der Waals surface area contributed by atoms with Crippen LogP contribution in [0.3, 0.4) is 0 Å². The van der Waals surface area contributed by atoms with E-state index in [4.69, 9.17) is 0 Å². The monoisotopic (exact) mass is 418 g/mol. The van der Waals surface area contributed by atoms with E-state index in [1.165, 1.54) is 0 Å². The minimum Gasteiger partial charge on any atom is -0.832 e. The van der Waals surface area contributed by atoms with Gasteiger partial charge in [-0.3, -0.25) is 0 Å². The molecule has 13 heteroatoms. The number of halogens is 11. The van der Waals surface area contributed by atoms with E-state index in [0.717, 1.165) is 0 Å². The molecule has 0 aromatic carbocycles. The maximum absolute atomic E-state index is 12.1. The average Bonchev–Trinajstić information content (AvgIpc) is 1.95. The molecule has 0 radical (unpaired) electrons. The second kappa shape index (κ2) is 5.56. The largest absolute Gasteiger partial charge is 1.00 e. The first kappa shape index (κ1) is 21.5. The molecule has 18 heavy (non-hydrogen) atoms. The maximum Gasteiger partial charge on any atom is 1.00 e. The molecule has 0 N–H and O–H groups in total. The molecule has 0 saturated heterocycles. The van der Waals surface area contributed by atoms with Gasteiger partial charge in [0.05, 0.1) is 0 Å². The summed E-state index contributed by atoms with van der Waals surface area (Å²) in [6.07, 6.45) is -22.0. The molecule has 0 rings (SSSR count). The molecule has 0 heterocycles. The van der Waals surface area contributed by atoms with Crippen molar-refractivity contribution in [2.45, 2.75) is 30.1 Å². The van der Waals surface area contributed by atoms with Crippen molar-refractivity contribution in [3.63, 3.8) is 0 Å². The molecule has 0 bridgehead atoms. The zero-order valence-corrected chi connectivity index (χ0v) is 14.3. The molecule has 0 saturated carbocycles. The Morgan fingerprint density at radius 2 is 0.722 bits per heavy atom. The topological polar surface area (TPSA) is 23.1 Å². The van der Waals surface area contributed by atoms with E-state index in [2.05, 4.69) is 0 Å². The van der Waals surface area contributed by atoms with Crippen molar-refractivity contribution in [2.75, 3.05) is 0 Å². The van der Waals surface area contributed by atoms with Crippen molar-refractivity contribution < 1.29 is 122 Å². The predicted molar refractivity (Wildman–Crippen MR) is 25.8 cm³/mol. The Balaban J connectivity index is 0. The van der Waals surface area contributed by atoms with Crippen LogP contribution in [-0.2, 0) is 0 Å². The van der Waals surface area contributed by atoms with Crippen LogP contribution < -0.4 is 74.0 Å². The van der Waals surface area contributed by atoms with Gasteiger partial charge in [-0.15, -0.1) is 0 Å². The quantitative estimate of drug-likeness (QED) is 0.523. The molecule has 1 nitrogen and oxygen atoms in total. The summed E-state index contributed by atoms with van der Waals surface area (Å²) in [4.78, 5) is 0. The fourth-order valence-corrected chi connectivity index (χ4v) is 0.716. The smallest absolute Gasteiger partial charge is 0.832 e. The van der Waals surface area contributed by atoms with Crippen molar-refractivity contribution >= 4 is 0 Å². The van der Waals surface area contributed by atoms with Gasteiger partial charge in [-0.2, -0.15) is 48.3 Å². The standard InChI is InChI=1S/C5F11O.Cs/c6-2(7,5(14,15)16)1(17,3(8,9)10)4(11,12)13;/q-1;+1. The van der Waals surface area contributed by atoms with Crippen molar-refractivity contribution in [3.05, 3.63) is 0 Å². The molecule has 0 aliphatic carbocycles. The van der Waals surface area contributed by atoms with E-state index in [9.17, 15) is 53.4 Å². The summed E-state index contributed by atoms with van der Waals surface area (Å²) in [6, 6.07) is 0. The van der Waals surface area contributed by atoms with Gasteiger partial charge < -0.3 is 5.11 Å². The number of rotatable bonds is 1. The summed E-state index contributed by atoms with van der Waals surface area (Å²) in [5.74, 6) is -7.55. The molecule has 0 aromatic rings. The van der Waals surface area contributed by atoms with Crippen molar-refractivity contribution in [1.82, 2.24) is 0 Å². The van der Waals surface area contributed by atoms with Crippen LogP contribution >= 0.6 is 0 Å². The van der Waals surface area contributed by atoms with Gasteiger partial charge in [-0.1, -0.05) is 0 Å². The summed E-state index contributed by atoms with van der Waals surface area (Å²) in [5.41, 5.74) is -7.45. The van der Waals surface area contributed by atoms with Crippen LogP contribution in [0.15, 0.2) is 0 Å². The summed E-state index contributed by atoms with van der Waals surface area (Å²) in [5, 5.41) is 10.1. The first-order valence-electron chi connectivity index (χ1n) is 3.28. The summed E-state index contributed by atoms with van der Waals surface area (Å²) in [7, 11) is 0. The van der Waals surface area contributed by atoms with Crippen LogP contribution in [0.5, 0.6) is 0 Å². The molecule has 104 valence electrons. The van der Waals surface area contributed by atoms with Gasteiger partial charge >= 0.3 is 93.3 Å². The molecule has 0 aromatic heterocycles. The van der Waals surface area contributed by atoms with E-state index in [1.54, 1.807) is 0 Å². The first-order chi connectivity index (χ1) is 7.00. The molecule has 0 aliphatic rings. The second-order valence-electron chi connectivity index (χ2n) is 2.75. The van der Waals surface area contributed by atoms with Crippen molar-refractivity contribution in [2.24, 2.45) is 0 Å². The molecular formula is C5CsF11O. The van der Waals surface area contributed by atoms with Crippen LogP contribution in [0.25, 0.3) is 0 Å². The van der Waals surface area contributed by atoms with Crippen molar-refractivity contribution in [3.8, 4) is 0 Å². The van der Waals surface area contributed by atoms with Gasteiger partial charge in [-0.05, 0) is 0 Å². The van der Waals surface area contributed by atoms with Crippen LogP contribution in [0.2, 0.25) is 0 Å². The van der Waals surface area contributed by atoms with Gasteiger partial charge in [0.15, 0.2) is 5.60 Å². The van der Waals surface area contributed by atoms with Gasteiger partial charge in [-0.25, -0.2) is 0 Å². The SMILES string of the molecule is [Cs+].[O-]C(C(F)(F)F)(C(F)(F)F)C(F)(F)C(F)(F)F. The maximum atomic E-state index is 12.1. The Bertz CT molecular complexity index is 271. The van der Waals surface area contributed by atoms with E-state index in [1.807, 2.05) is 0 Å².